The maximum atomic E-state index is 12.2. The molecular weight excluding hydrogens is 396 g/mol. The first-order valence-corrected chi connectivity index (χ1v) is 8.94. The molecule has 0 radical (unpaired) electrons. The Bertz CT molecular complexity index is 547. The highest BCUT2D eigenvalue weighted by molar-refractivity contribution is 9.11. The van der Waals surface area contributed by atoms with Gasteiger partial charge in [-0.15, -0.1) is 0 Å². The summed E-state index contributed by atoms with van der Waals surface area (Å²) in [6, 6.07) is 3.40. The first-order chi connectivity index (χ1) is 8.77. The van der Waals surface area contributed by atoms with Crippen LogP contribution in [0.2, 0.25) is 0 Å². The Morgan fingerprint density at radius 3 is 2.42 bits per heavy atom. The lowest BCUT2D eigenvalue weighted by Crippen LogP contribution is -2.32. The monoisotopic (exact) mass is 412 g/mol. The van der Waals surface area contributed by atoms with Crippen molar-refractivity contribution in [2.45, 2.75) is 18.7 Å². The van der Waals surface area contributed by atoms with E-state index < -0.39 is 10.0 Å². The molecule has 0 saturated heterocycles. The number of halogens is 2. The fourth-order valence-electron chi connectivity index (χ4n) is 1.58. The van der Waals surface area contributed by atoms with Gasteiger partial charge in [-0.05, 0) is 60.1 Å². The molecule has 0 aromatic heterocycles. The van der Waals surface area contributed by atoms with Crippen LogP contribution in [0.3, 0.4) is 0 Å². The third kappa shape index (κ3) is 4.82. The van der Waals surface area contributed by atoms with Crippen molar-refractivity contribution in [3.63, 3.8) is 0 Å². The second-order valence-corrected chi connectivity index (χ2v) is 7.99. The number of aryl methyl sites for hydroxylation is 1. The zero-order valence-corrected chi connectivity index (χ0v) is 15.1. The first-order valence-electron chi connectivity index (χ1n) is 5.88. The van der Waals surface area contributed by atoms with Crippen LogP contribution in [-0.4, -0.2) is 28.6 Å². The fraction of sp³-hybridized carbons (Fsp3) is 0.500. The van der Waals surface area contributed by atoms with Gasteiger partial charge in [0.25, 0.3) is 0 Å². The zero-order chi connectivity index (χ0) is 14.6. The number of hydrogen-bond donors (Lipinski definition) is 2. The SMILES string of the molecule is CNCC(C)CNS(=O)(=O)c1cc(Br)c(C)cc1Br. The van der Waals surface area contributed by atoms with Crippen molar-refractivity contribution in [1.29, 1.82) is 0 Å². The van der Waals surface area contributed by atoms with E-state index in [0.717, 1.165) is 16.6 Å². The van der Waals surface area contributed by atoms with Gasteiger partial charge in [0.15, 0.2) is 0 Å². The van der Waals surface area contributed by atoms with E-state index in [2.05, 4.69) is 41.9 Å². The molecule has 1 atom stereocenters. The molecular formula is C12H18Br2N2O2S. The minimum atomic E-state index is -3.50. The van der Waals surface area contributed by atoms with Crippen LogP contribution in [0.25, 0.3) is 0 Å². The molecule has 0 aliphatic carbocycles. The summed E-state index contributed by atoms with van der Waals surface area (Å²) < 4.78 is 28.5. The van der Waals surface area contributed by atoms with Crippen LogP contribution in [0, 0.1) is 12.8 Å². The van der Waals surface area contributed by atoms with Crippen LogP contribution in [0.5, 0.6) is 0 Å². The van der Waals surface area contributed by atoms with Crippen molar-refractivity contribution < 1.29 is 8.42 Å². The van der Waals surface area contributed by atoms with Crippen LogP contribution >= 0.6 is 31.9 Å². The Morgan fingerprint density at radius 2 is 1.84 bits per heavy atom. The zero-order valence-electron chi connectivity index (χ0n) is 11.1. The molecule has 0 spiro atoms. The minimum absolute atomic E-state index is 0.229. The second kappa shape index (κ2) is 7.17. The van der Waals surface area contributed by atoms with E-state index in [-0.39, 0.29) is 10.8 Å². The maximum Gasteiger partial charge on any atom is 0.241 e. The summed E-state index contributed by atoms with van der Waals surface area (Å²) in [5.74, 6) is 0.229. The molecule has 0 bridgehead atoms. The predicted molar refractivity (Wildman–Crippen MR) is 84.9 cm³/mol. The summed E-state index contributed by atoms with van der Waals surface area (Å²) in [7, 11) is -1.65. The molecule has 1 unspecified atom stereocenters. The van der Waals surface area contributed by atoms with Crippen molar-refractivity contribution in [1.82, 2.24) is 10.0 Å². The van der Waals surface area contributed by atoms with Gasteiger partial charge in [-0.3, -0.25) is 0 Å². The van der Waals surface area contributed by atoms with Crippen molar-refractivity contribution >= 4 is 41.9 Å². The molecule has 19 heavy (non-hydrogen) atoms. The molecule has 0 saturated carbocycles. The number of nitrogens with one attached hydrogen (secondary N) is 2. The van der Waals surface area contributed by atoms with E-state index in [0.29, 0.717) is 11.0 Å². The van der Waals surface area contributed by atoms with E-state index in [1.165, 1.54) is 0 Å². The summed E-state index contributed by atoms with van der Waals surface area (Å²) in [6.07, 6.45) is 0. The third-order valence-corrected chi connectivity index (χ3v) is 5.91. The highest BCUT2D eigenvalue weighted by Crippen LogP contribution is 2.28. The number of benzene rings is 1. The van der Waals surface area contributed by atoms with E-state index in [1.807, 2.05) is 20.9 Å². The quantitative estimate of drug-likeness (QED) is 0.753. The largest absolute Gasteiger partial charge is 0.319 e. The van der Waals surface area contributed by atoms with Crippen molar-refractivity contribution in [3.05, 3.63) is 26.6 Å². The van der Waals surface area contributed by atoms with Gasteiger partial charge in [0, 0.05) is 15.5 Å². The van der Waals surface area contributed by atoms with Gasteiger partial charge in [-0.2, -0.15) is 0 Å². The molecule has 0 aliphatic heterocycles. The summed E-state index contributed by atoms with van der Waals surface area (Å²) in [4.78, 5) is 0.252. The molecule has 108 valence electrons. The molecule has 0 aliphatic rings. The van der Waals surface area contributed by atoms with Gasteiger partial charge in [-0.25, -0.2) is 13.1 Å². The van der Waals surface area contributed by atoms with Gasteiger partial charge < -0.3 is 5.32 Å². The number of sulfonamides is 1. The molecule has 2 N–H and O–H groups in total. The molecule has 4 nitrogen and oxygen atoms in total. The Hall–Kier alpha value is 0.0500. The number of hydrogen-bond acceptors (Lipinski definition) is 3. The standard InChI is InChI=1S/C12H18Br2N2O2S/c1-8(6-15-3)7-16-19(17,18)12-5-10(13)9(2)4-11(12)14/h4-5,8,15-16H,6-7H2,1-3H3. The molecule has 1 aromatic rings. The summed E-state index contributed by atoms with van der Waals surface area (Å²) >= 11 is 6.66. The van der Waals surface area contributed by atoms with Gasteiger partial charge >= 0.3 is 0 Å². The normalized spacial score (nSPS) is 13.5. The topological polar surface area (TPSA) is 58.2 Å². The van der Waals surface area contributed by atoms with Crippen molar-refractivity contribution in [2.75, 3.05) is 20.1 Å². The Kier molecular flexibility index (Phi) is 6.46. The van der Waals surface area contributed by atoms with Crippen LogP contribution in [0.4, 0.5) is 0 Å². The summed E-state index contributed by atoms with van der Waals surface area (Å²) in [5.41, 5.74) is 0.981. The van der Waals surface area contributed by atoms with E-state index in [9.17, 15) is 8.42 Å². The lowest BCUT2D eigenvalue weighted by molar-refractivity contribution is 0.519. The van der Waals surface area contributed by atoms with Gasteiger partial charge in [-0.1, -0.05) is 22.9 Å². The molecule has 1 rings (SSSR count). The smallest absolute Gasteiger partial charge is 0.241 e. The van der Waals surface area contributed by atoms with Crippen molar-refractivity contribution in [2.24, 2.45) is 5.92 Å². The van der Waals surface area contributed by atoms with E-state index in [4.69, 9.17) is 0 Å². The molecule has 0 fully saturated rings. The van der Waals surface area contributed by atoms with Gasteiger partial charge in [0.05, 0.1) is 4.90 Å². The molecule has 1 aromatic carbocycles. The highest BCUT2D eigenvalue weighted by Gasteiger charge is 2.19. The number of rotatable bonds is 6. The lowest BCUT2D eigenvalue weighted by Gasteiger charge is -2.14. The maximum absolute atomic E-state index is 12.2. The molecule has 7 heteroatoms. The minimum Gasteiger partial charge on any atom is -0.319 e. The average molecular weight is 414 g/mol. The van der Waals surface area contributed by atoms with Gasteiger partial charge in [0.2, 0.25) is 10.0 Å². The van der Waals surface area contributed by atoms with E-state index >= 15 is 0 Å². The van der Waals surface area contributed by atoms with Crippen LogP contribution < -0.4 is 10.0 Å². The molecule has 0 amide bonds. The van der Waals surface area contributed by atoms with E-state index in [1.54, 1.807) is 12.1 Å². The lowest BCUT2D eigenvalue weighted by atomic mass is 10.2. The second-order valence-electron chi connectivity index (χ2n) is 4.55. The average Bonchev–Trinajstić information content (AvgIpc) is 2.31. The first kappa shape index (κ1) is 17.1. The third-order valence-electron chi connectivity index (χ3n) is 2.68. The Labute approximate surface area is 131 Å². The fourth-order valence-corrected chi connectivity index (χ4v) is 4.42. The highest BCUT2D eigenvalue weighted by atomic mass is 79.9. The molecule has 0 heterocycles. The Morgan fingerprint density at radius 1 is 1.21 bits per heavy atom. The van der Waals surface area contributed by atoms with Crippen molar-refractivity contribution in [3.8, 4) is 0 Å². The van der Waals surface area contributed by atoms with Gasteiger partial charge in [0.1, 0.15) is 0 Å². The summed E-state index contributed by atoms with van der Waals surface area (Å²) in [6.45, 7) is 5.06. The van der Waals surface area contributed by atoms with Crippen LogP contribution in [0.1, 0.15) is 12.5 Å². The summed E-state index contributed by atoms with van der Waals surface area (Å²) in [5, 5.41) is 3.02. The van der Waals surface area contributed by atoms with Crippen LogP contribution in [0.15, 0.2) is 26.0 Å². The Balaban J connectivity index is 2.92. The van der Waals surface area contributed by atoms with Crippen LogP contribution in [-0.2, 0) is 10.0 Å². The predicted octanol–water partition coefficient (Wildman–Crippen LogP) is 2.65.